The summed E-state index contributed by atoms with van der Waals surface area (Å²) >= 11 is 3.40. The molecule has 1 N–H and O–H groups in total. The maximum atomic E-state index is 13.0. The Hall–Kier alpha value is -1.98. The molecule has 0 saturated carbocycles. The minimum atomic E-state index is -1.82. The number of anilines is 1. The normalized spacial score (nSPS) is 21.1. The molecule has 1 aliphatic carbocycles. The number of amides is 1. The summed E-state index contributed by atoms with van der Waals surface area (Å²) in [6.07, 6.45) is 4.12. The highest BCUT2D eigenvalue weighted by Crippen LogP contribution is 2.44. The van der Waals surface area contributed by atoms with E-state index in [0.717, 1.165) is 23.7 Å². The molecule has 2 aromatic carbocycles. The van der Waals surface area contributed by atoms with E-state index in [0.29, 0.717) is 23.4 Å². The molecule has 2 aliphatic rings. The lowest BCUT2D eigenvalue weighted by molar-refractivity contribution is -0.135. The largest absolute Gasteiger partial charge is 0.375 e. The number of carbonyl (C=O) groups is 2. The fourth-order valence-corrected chi connectivity index (χ4v) is 4.61. The summed E-state index contributed by atoms with van der Waals surface area (Å²) < 4.78 is 0.770. The molecule has 1 amide bonds. The van der Waals surface area contributed by atoms with Crippen molar-refractivity contribution in [3.8, 4) is 0 Å². The van der Waals surface area contributed by atoms with Gasteiger partial charge >= 0.3 is 0 Å². The quantitative estimate of drug-likeness (QED) is 0.745. The number of hydrogen-bond donors (Lipinski definition) is 1. The predicted octanol–water partition coefficient (Wildman–Crippen LogP) is 4.16. The molecular weight excluding hydrogens is 406 g/mol. The smallest absolute Gasteiger partial charge is 0.264 e. The third kappa shape index (κ3) is 3.03. The van der Waals surface area contributed by atoms with Crippen molar-refractivity contribution >= 4 is 33.3 Å². The number of benzene rings is 2. The lowest BCUT2D eigenvalue weighted by Gasteiger charge is -2.22. The fraction of sp³-hybridized carbons (Fsp3) is 0.364. The van der Waals surface area contributed by atoms with Gasteiger partial charge in [0.1, 0.15) is 0 Å². The van der Waals surface area contributed by atoms with Crippen molar-refractivity contribution in [2.75, 3.05) is 11.4 Å². The van der Waals surface area contributed by atoms with Gasteiger partial charge < -0.3 is 10.0 Å². The van der Waals surface area contributed by atoms with E-state index in [4.69, 9.17) is 0 Å². The second kappa shape index (κ2) is 6.88. The topological polar surface area (TPSA) is 57.6 Å². The van der Waals surface area contributed by atoms with Crippen LogP contribution in [0.3, 0.4) is 0 Å². The monoisotopic (exact) mass is 427 g/mol. The van der Waals surface area contributed by atoms with E-state index in [2.05, 4.69) is 15.9 Å². The van der Waals surface area contributed by atoms with Crippen LogP contribution in [-0.4, -0.2) is 23.3 Å². The molecule has 0 radical (unpaired) electrons. The van der Waals surface area contributed by atoms with Crippen LogP contribution in [0, 0.1) is 0 Å². The molecule has 1 aliphatic heterocycles. The summed E-state index contributed by atoms with van der Waals surface area (Å²) in [6.45, 7) is 2.31. The standard InChI is InChI=1S/C22H22BrNO3/c1-2-24-19-10-9-17(23)12-18(19)22(27,21(24)26)13-20(25)16-8-7-14-5-3-4-6-15(14)11-16/h7-12,27H,2-6,13H2,1H3/t22-/m1/s1. The lowest BCUT2D eigenvalue weighted by Crippen LogP contribution is -2.41. The summed E-state index contributed by atoms with van der Waals surface area (Å²) in [5.41, 5.74) is 2.45. The Balaban J connectivity index is 1.68. The number of rotatable bonds is 4. The first kappa shape index (κ1) is 18.4. The summed E-state index contributed by atoms with van der Waals surface area (Å²) in [7, 11) is 0. The molecule has 0 unspecified atom stereocenters. The van der Waals surface area contributed by atoms with Crippen LogP contribution in [0.4, 0.5) is 5.69 Å². The third-order valence-corrected chi connectivity index (χ3v) is 6.19. The average molecular weight is 428 g/mol. The van der Waals surface area contributed by atoms with Gasteiger partial charge in [-0.3, -0.25) is 9.59 Å². The zero-order valence-corrected chi connectivity index (χ0v) is 16.9. The van der Waals surface area contributed by atoms with E-state index in [1.807, 2.05) is 37.3 Å². The number of aliphatic hydroxyl groups is 1. The van der Waals surface area contributed by atoms with Crippen molar-refractivity contribution < 1.29 is 14.7 Å². The zero-order valence-electron chi connectivity index (χ0n) is 15.3. The number of nitrogens with zero attached hydrogens (tertiary/aromatic N) is 1. The summed E-state index contributed by atoms with van der Waals surface area (Å²) in [4.78, 5) is 27.5. The average Bonchev–Trinajstić information content (AvgIpc) is 2.88. The molecule has 140 valence electrons. The molecule has 4 rings (SSSR count). The Morgan fingerprint density at radius 2 is 1.89 bits per heavy atom. The van der Waals surface area contributed by atoms with E-state index in [1.165, 1.54) is 17.5 Å². The minimum absolute atomic E-state index is 0.205. The van der Waals surface area contributed by atoms with E-state index in [1.54, 1.807) is 11.0 Å². The maximum Gasteiger partial charge on any atom is 0.264 e. The highest BCUT2D eigenvalue weighted by molar-refractivity contribution is 9.10. The number of halogens is 1. The Bertz CT molecular complexity index is 939. The van der Waals surface area contributed by atoms with Crippen LogP contribution in [0.25, 0.3) is 0 Å². The van der Waals surface area contributed by atoms with Crippen LogP contribution in [0.15, 0.2) is 40.9 Å². The van der Waals surface area contributed by atoms with Crippen LogP contribution in [0.5, 0.6) is 0 Å². The molecule has 1 atom stereocenters. The number of likely N-dealkylation sites (N-methyl/N-ethyl adjacent to an activating group) is 1. The predicted molar refractivity (Wildman–Crippen MR) is 108 cm³/mol. The van der Waals surface area contributed by atoms with Crippen LogP contribution in [-0.2, 0) is 23.2 Å². The molecule has 2 aromatic rings. The highest BCUT2D eigenvalue weighted by Gasteiger charge is 2.50. The molecule has 0 aromatic heterocycles. The minimum Gasteiger partial charge on any atom is -0.375 e. The van der Waals surface area contributed by atoms with Crippen molar-refractivity contribution in [1.29, 1.82) is 0 Å². The second-order valence-electron chi connectivity index (χ2n) is 7.36. The Kier molecular flexibility index (Phi) is 4.68. The number of hydrogen-bond acceptors (Lipinski definition) is 3. The maximum absolute atomic E-state index is 13.0. The number of carbonyl (C=O) groups excluding carboxylic acids is 2. The fourth-order valence-electron chi connectivity index (χ4n) is 4.25. The van der Waals surface area contributed by atoms with Gasteiger partial charge in [-0.05, 0) is 68.0 Å². The molecule has 0 bridgehead atoms. The third-order valence-electron chi connectivity index (χ3n) is 5.70. The van der Waals surface area contributed by atoms with Crippen LogP contribution in [0.2, 0.25) is 0 Å². The second-order valence-corrected chi connectivity index (χ2v) is 8.28. The number of ketones is 1. The number of aryl methyl sites for hydroxylation is 2. The molecule has 5 heteroatoms. The lowest BCUT2D eigenvalue weighted by atomic mass is 9.85. The van der Waals surface area contributed by atoms with Gasteiger partial charge in [-0.15, -0.1) is 0 Å². The molecule has 27 heavy (non-hydrogen) atoms. The van der Waals surface area contributed by atoms with Gasteiger partial charge in [-0.2, -0.15) is 0 Å². The van der Waals surface area contributed by atoms with Gasteiger partial charge in [0.15, 0.2) is 11.4 Å². The van der Waals surface area contributed by atoms with Crippen molar-refractivity contribution in [2.45, 2.75) is 44.6 Å². The summed E-state index contributed by atoms with van der Waals surface area (Å²) in [6, 6.07) is 11.2. The molecule has 4 nitrogen and oxygen atoms in total. The van der Waals surface area contributed by atoms with E-state index in [9.17, 15) is 14.7 Å². The van der Waals surface area contributed by atoms with Crippen molar-refractivity contribution in [3.05, 3.63) is 63.1 Å². The van der Waals surface area contributed by atoms with Crippen molar-refractivity contribution in [3.63, 3.8) is 0 Å². The van der Waals surface area contributed by atoms with Gasteiger partial charge in [-0.1, -0.05) is 28.1 Å². The molecule has 1 heterocycles. The Morgan fingerprint density at radius 3 is 2.63 bits per heavy atom. The Morgan fingerprint density at radius 1 is 1.15 bits per heavy atom. The van der Waals surface area contributed by atoms with Gasteiger partial charge in [-0.25, -0.2) is 0 Å². The first-order valence-electron chi connectivity index (χ1n) is 9.43. The molecule has 0 saturated heterocycles. The van der Waals surface area contributed by atoms with Crippen molar-refractivity contribution in [2.24, 2.45) is 0 Å². The SMILES string of the molecule is CCN1C(=O)[C@@](O)(CC(=O)c2ccc3c(c2)CCCC3)c2cc(Br)ccc21. The first-order valence-corrected chi connectivity index (χ1v) is 10.2. The molecule has 0 spiro atoms. The van der Waals surface area contributed by atoms with Gasteiger partial charge in [0.05, 0.1) is 12.1 Å². The van der Waals surface area contributed by atoms with Crippen LogP contribution >= 0.6 is 15.9 Å². The van der Waals surface area contributed by atoms with Crippen molar-refractivity contribution in [1.82, 2.24) is 0 Å². The van der Waals surface area contributed by atoms with Crippen LogP contribution < -0.4 is 4.90 Å². The van der Waals surface area contributed by atoms with E-state index >= 15 is 0 Å². The van der Waals surface area contributed by atoms with Gasteiger partial charge in [0.25, 0.3) is 5.91 Å². The van der Waals surface area contributed by atoms with E-state index in [-0.39, 0.29) is 12.2 Å². The number of fused-ring (bicyclic) bond motifs is 2. The highest BCUT2D eigenvalue weighted by atomic mass is 79.9. The van der Waals surface area contributed by atoms with E-state index < -0.39 is 11.5 Å². The zero-order chi connectivity index (χ0) is 19.2. The van der Waals surface area contributed by atoms with Crippen LogP contribution in [0.1, 0.15) is 53.2 Å². The van der Waals surface area contributed by atoms with Gasteiger partial charge in [0.2, 0.25) is 0 Å². The summed E-state index contributed by atoms with van der Waals surface area (Å²) in [5.74, 6) is -0.632. The number of Topliss-reactive ketones (excluding diaryl/α,β-unsaturated/α-hetero) is 1. The Labute approximate surface area is 167 Å². The first-order chi connectivity index (χ1) is 12.9. The summed E-state index contributed by atoms with van der Waals surface area (Å²) in [5, 5.41) is 11.3. The van der Waals surface area contributed by atoms with Gasteiger partial charge in [0, 0.05) is 22.1 Å². The molecule has 0 fully saturated rings. The molecular formula is C22H22BrNO3.